The lowest BCUT2D eigenvalue weighted by Crippen LogP contribution is -2.28. The average molecular weight is 399 g/mol. The number of likely N-dealkylation sites (N-methyl/N-ethyl adjacent to an activating group) is 2. The minimum atomic E-state index is 0.489. The van der Waals surface area contributed by atoms with Crippen LogP contribution >= 0.6 is 0 Å². The molecule has 0 aliphatic heterocycles. The molecule has 6 nitrogen and oxygen atoms in total. The van der Waals surface area contributed by atoms with Gasteiger partial charge in [0.25, 0.3) is 0 Å². The Kier molecular flexibility index (Phi) is 8.09. The minimum Gasteiger partial charge on any atom is -0.493 e. The zero-order chi connectivity index (χ0) is 21.4. The van der Waals surface area contributed by atoms with E-state index in [0.717, 1.165) is 41.8 Å². The fourth-order valence-electron chi connectivity index (χ4n) is 3.11. The van der Waals surface area contributed by atoms with E-state index in [1.807, 2.05) is 24.3 Å². The molecule has 0 saturated heterocycles. The van der Waals surface area contributed by atoms with Crippen LogP contribution in [0.15, 0.2) is 42.5 Å². The SMILES string of the molecule is COc1ccc(C(=CC=O)c2cccc(N(C)CCN(C)C)c2)c(OC)c1OC. The minimum absolute atomic E-state index is 0.489. The number of carbonyl (C=O) groups is 1. The summed E-state index contributed by atoms with van der Waals surface area (Å²) in [5, 5.41) is 0. The summed E-state index contributed by atoms with van der Waals surface area (Å²) in [4.78, 5) is 15.8. The number of ether oxygens (including phenoxy) is 3. The quantitative estimate of drug-likeness (QED) is 0.452. The highest BCUT2D eigenvalue weighted by molar-refractivity contribution is 5.93. The number of anilines is 1. The third-order valence-electron chi connectivity index (χ3n) is 4.71. The van der Waals surface area contributed by atoms with Crippen LogP contribution in [0.5, 0.6) is 17.2 Å². The van der Waals surface area contributed by atoms with E-state index in [1.54, 1.807) is 27.4 Å². The highest BCUT2D eigenvalue weighted by Gasteiger charge is 2.19. The van der Waals surface area contributed by atoms with Crippen LogP contribution < -0.4 is 19.1 Å². The van der Waals surface area contributed by atoms with E-state index in [9.17, 15) is 4.79 Å². The zero-order valence-electron chi connectivity index (χ0n) is 18.1. The molecule has 0 aliphatic carbocycles. The van der Waals surface area contributed by atoms with E-state index in [-0.39, 0.29) is 0 Å². The van der Waals surface area contributed by atoms with Crippen LogP contribution in [0.1, 0.15) is 11.1 Å². The summed E-state index contributed by atoms with van der Waals surface area (Å²) >= 11 is 0. The molecule has 2 rings (SSSR count). The van der Waals surface area contributed by atoms with E-state index in [1.165, 1.54) is 0 Å². The summed E-state index contributed by atoms with van der Waals surface area (Å²) in [6.45, 7) is 1.84. The molecule has 0 N–H and O–H groups in total. The third kappa shape index (κ3) is 5.29. The highest BCUT2D eigenvalue weighted by atomic mass is 16.5. The largest absolute Gasteiger partial charge is 0.493 e. The molecule has 0 bridgehead atoms. The second kappa shape index (κ2) is 10.5. The predicted molar refractivity (Wildman–Crippen MR) is 118 cm³/mol. The fraction of sp³-hybridized carbons (Fsp3) is 0.348. The van der Waals surface area contributed by atoms with Gasteiger partial charge in [-0.2, -0.15) is 0 Å². The van der Waals surface area contributed by atoms with Crippen molar-refractivity contribution in [1.82, 2.24) is 4.90 Å². The molecule has 2 aromatic rings. The summed E-state index contributed by atoms with van der Waals surface area (Å²) in [5.41, 5.74) is 3.49. The summed E-state index contributed by atoms with van der Waals surface area (Å²) in [7, 11) is 10.9. The summed E-state index contributed by atoms with van der Waals surface area (Å²) in [5.74, 6) is 1.57. The molecule has 0 aromatic heterocycles. The lowest BCUT2D eigenvalue weighted by molar-refractivity contribution is -0.104. The van der Waals surface area contributed by atoms with Crippen molar-refractivity contribution in [3.05, 3.63) is 53.6 Å². The standard InChI is InChI=1S/C23H30N2O4/c1-24(2)13-14-25(3)18-9-7-8-17(16-18)19(12-15-26)20-10-11-21(27-4)23(29-6)22(20)28-5/h7-12,15-16H,13-14H2,1-6H3. The monoisotopic (exact) mass is 398 g/mol. The molecule has 0 spiro atoms. The average Bonchev–Trinajstić information content (AvgIpc) is 2.74. The number of methoxy groups -OCH3 is 3. The van der Waals surface area contributed by atoms with Gasteiger partial charge in [0, 0.05) is 31.4 Å². The number of nitrogens with zero attached hydrogens (tertiary/aromatic N) is 2. The Labute approximate surface area is 173 Å². The van der Waals surface area contributed by atoms with Crippen LogP contribution in [0.25, 0.3) is 5.57 Å². The maximum atomic E-state index is 11.4. The van der Waals surface area contributed by atoms with Crippen molar-refractivity contribution in [2.24, 2.45) is 0 Å². The number of hydrogen-bond acceptors (Lipinski definition) is 6. The van der Waals surface area contributed by atoms with Crippen molar-refractivity contribution in [3.63, 3.8) is 0 Å². The first kappa shape index (κ1) is 22.3. The molecule has 0 unspecified atom stereocenters. The van der Waals surface area contributed by atoms with Gasteiger partial charge in [-0.1, -0.05) is 12.1 Å². The number of aldehydes is 1. The van der Waals surface area contributed by atoms with E-state index < -0.39 is 0 Å². The van der Waals surface area contributed by atoms with Crippen molar-refractivity contribution in [1.29, 1.82) is 0 Å². The Hall–Kier alpha value is -2.99. The molecule has 0 saturated carbocycles. The van der Waals surface area contributed by atoms with Crippen LogP contribution in [-0.2, 0) is 4.79 Å². The van der Waals surface area contributed by atoms with Crippen LogP contribution in [-0.4, -0.2) is 66.7 Å². The first-order valence-electron chi connectivity index (χ1n) is 9.37. The van der Waals surface area contributed by atoms with Crippen LogP contribution in [0, 0.1) is 0 Å². The maximum Gasteiger partial charge on any atom is 0.203 e. The number of benzene rings is 2. The van der Waals surface area contributed by atoms with Gasteiger partial charge in [-0.15, -0.1) is 0 Å². The van der Waals surface area contributed by atoms with Crippen molar-refractivity contribution in [3.8, 4) is 17.2 Å². The van der Waals surface area contributed by atoms with Crippen LogP contribution in [0.4, 0.5) is 5.69 Å². The maximum absolute atomic E-state index is 11.4. The molecule has 0 heterocycles. The van der Waals surface area contributed by atoms with Gasteiger partial charge in [-0.05, 0) is 55.6 Å². The molecule has 156 valence electrons. The Bertz CT molecular complexity index is 862. The second-order valence-corrected chi connectivity index (χ2v) is 6.87. The van der Waals surface area contributed by atoms with Crippen LogP contribution in [0.3, 0.4) is 0 Å². The molecule has 0 amide bonds. The van der Waals surface area contributed by atoms with Gasteiger partial charge in [-0.3, -0.25) is 4.79 Å². The lowest BCUT2D eigenvalue weighted by Gasteiger charge is -2.23. The highest BCUT2D eigenvalue weighted by Crippen LogP contribution is 2.44. The Morgan fingerprint density at radius 3 is 2.24 bits per heavy atom. The molecule has 0 fully saturated rings. The molecule has 0 radical (unpaired) electrons. The summed E-state index contributed by atoms with van der Waals surface area (Å²) in [6, 6.07) is 11.8. The second-order valence-electron chi connectivity index (χ2n) is 6.87. The molecule has 29 heavy (non-hydrogen) atoms. The predicted octanol–water partition coefficient (Wildman–Crippen LogP) is 3.34. The van der Waals surface area contributed by atoms with E-state index in [0.29, 0.717) is 17.2 Å². The molecule has 0 aliphatic rings. The van der Waals surface area contributed by atoms with Crippen molar-refractivity contribution in [2.75, 3.05) is 60.5 Å². The van der Waals surface area contributed by atoms with Crippen molar-refractivity contribution < 1.29 is 19.0 Å². The van der Waals surface area contributed by atoms with Gasteiger partial charge in [0.15, 0.2) is 11.5 Å². The lowest BCUT2D eigenvalue weighted by atomic mass is 9.95. The molecule has 6 heteroatoms. The van der Waals surface area contributed by atoms with Gasteiger partial charge < -0.3 is 24.0 Å². The Morgan fingerprint density at radius 2 is 1.66 bits per heavy atom. The normalized spacial score (nSPS) is 11.3. The van der Waals surface area contributed by atoms with E-state index in [2.05, 4.69) is 43.1 Å². The number of allylic oxidation sites excluding steroid dienone is 1. The van der Waals surface area contributed by atoms with Gasteiger partial charge in [0.2, 0.25) is 5.75 Å². The van der Waals surface area contributed by atoms with Gasteiger partial charge in [0.05, 0.1) is 21.3 Å². The first-order chi connectivity index (χ1) is 14.0. The fourth-order valence-corrected chi connectivity index (χ4v) is 3.11. The van der Waals surface area contributed by atoms with Gasteiger partial charge in [-0.25, -0.2) is 0 Å². The summed E-state index contributed by atoms with van der Waals surface area (Å²) < 4.78 is 16.5. The van der Waals surface area contributed by atoms with Gasteiger partial charge in [0.1, 0.15) is 6.29 Å². The van der Waals surface area contributed by atoms with Crippen molar-refractivity contribution >= 4 is 17.5 Å². The van der Waals surface area contributed by atoms with Crippen LogP contribution in [0.2, 0.25) is 0 Å². The van der Waals surface area contributed by atoms with E-state index in [4.69, 9.17) is 14.2 Å². The smallest absolute Gasteiger partial charge is 0.203 e. The number of rotatable bonds is 10. The first-order valence-corrected chi connectivity index (χ1v) is 9.37. The third-order valence-corrected chi connectivity index (χ3v) is 4.71. The molecular weight excluding hydrogens is 368 g/mol. The number of carbonyl (C=O) groups excluding carboxylic acids is 1. The molecular formula is C23H30N2O4. The van der Waals surface area contributed by atoms with Crippen molar-refractivity contribution in [2.45, 2.75) is 0 Å². The van der Waals surface area contributed by atoms with Gasteiger partial charge >= 0.3 is 0 Å². The molecule has 2 aromatic carbocycles. The zero-order valence-corrected chi connectivity index (χ0v) is 18.1. The summed E-state index contributed by atoms with van der Waals surface area (Å²) in [6.07, 6.45) is 2.33. The molecule has 0 atom stereocenters. The topological polar surface area (TPSA) is 51.2 Å². The number of hydrogen-bond donors (Lipinski definition) is 0. The van der Waals surface area contributed by atoms with E-state index >= 15 is 0 Å². The Morgan fingerprint density at radius 1 is 0.931 bits per heavy atom. The Balaban J connectivity index is 2.53.